The van der Waals surface area contributed by atoms with Gasteiger partial charge in [-0.05, 0) is 48.9 Å². The third kappa shape index (κ3) is 6.79. The molecule has 0 atom stereocenters. The Bertz CT molecular complexity index is 895. The van der Waals surface area contributed by atoms with E-state index in [1.54, 1.807) is 36.4 Å². The maximum Gasteiger partial charge on any atom is 0.253 e. The van der Waals surface area contributed by atoms with Gasteiger partial charge in [0.15, 0.2) is 0 Å². The summed E-state index contributed by atoms with van der Waals surface area (Å²) in [6.07, 6.45) is 3.68. The van der Waals surface area contributed by atoms with Gasteiger partial charge in [0.2, 0.25) is 5.91 Å². The fourth-order valence-electron chi connectivity index (χ4n) is 3.17. The normalized spacial score (nSPS) is 14.6. The van der Waals surface area contributed by atoms with Crippen molar-refractivity contribution in [1.29, 1.82) is 0 Å². The van der Waals surface area contributed by atoms with Crippen LogP contribution in [0.1, 0.15) is 22.3 Å². The minimum atomic E-state index is -0.396. The van der Waals surface area contributed by atoms with Crippen molar-refractivity contribution >= 4 is 23.6 Å². The van der Waals surface area contributed by atoms with Crippen molar-refractivity contribution < 1.29 is 18.7 Å². The Morgan fingerprint density at radius 3 is 2.70 bits per heavy atom. The summed E-state index contributed by atoms with van der Waals surface area (Å²) >= 11 is 0. The highest BCUT2D eigenvalue weighted by molar-refractivity contribution is 6.07. The van der Waals surface area contributed by atoms with E-state index in [0.717, 1.165) is 39.3 Å². The maximum absolute atomic E-state index is 13.2. The summed E-state index contributed by atoms with van der Waals surface area (Å²) in [5, 5.41) is 5.62. The van der Waals surface area contributed by atoms with Crippen LogP contribution in [0.3, 0.4) is 0 Å². The van der Waals surface area contributed by atoms with Gasteiger partial charge in [0.1, 0.15) is 5.82 Å². The molecule has 3 rings (SSSR count). The highest BCUT2D eigenvalue weighted by atomic mass is 19.1. The predicted molar refractivity (Wildman–Crippen MR) is 115 cm³/mol. The van der Waals surface area contributed by atoms with E-state index >= 15 is 0 Å². The number of morpholine rings is 1. The van der Waals surface area contributed by atoms with Gasteiger partial charge in [0, 0.05) is 25.7 Å². The largest absolute Gasteiger partial charge is 0.379 e. The van der Waals surface area contributed by atoms with Gasteiger partial charge in [0.25, 0.3) is 5.91 Å². The zero-order valence-corrected chi connectivity index (χ0v) is 16.8. The number of carbonyl (C=O) groups is 2. The molecule has 6 nitrogen and oxygen atoms in total. The van der Waals surface area contributed by atoms with Gasteiger partial charge >= 0.3 is 0 Å². The van der Waals surface area contributed by atoms with Crippen LogP contribution < -0.4 is 10.6 Å². The van der Waals surface area contributed by atoms with Gasteiger partial charge in [-0.25, -0.2) is 4.39 Å². The number of para-hydroxylation sites is 1. The number of halogens is 1. The van der Waals surface area contributed by atoms with Crippen molar-refractivity contribution in [3.63, 3.8) is 0 Å². The number of hydrogen-bond acceptors (Lipinski definition) is 4. The molecule has 158 valence electrons. The average molecular weight is 411 g/mol. The van der Waals surface area contributed by atoms with E-state index in [9.17, 15) is 14.0 Å². The molecule has 0 aliphatic carbocycles. The van der Waals surface area contributed by atoms with Crippen molar-refractivity contribution in [3.8, 4) is 0 Å². The van der Waals surface area contributed by atoms with Gasteiger partial charge in [-0.3, -0.25) is 14.5 Å². The molecule has 30 heavy (non-hydrogen) atoms. The number of benzene rings is 2. The minimum Gasteiger partial charge on any atom is -0.379 e. The Balaban J connectivity index is 1.51. The smallest absolute Gasteiger partial charge is 0.253 e. The molecule has 0 bridgehead atoms. The first kappa shape index (κ1) is 21.7. The molecule has 1 fully saturated rings. The molecule has 0 aromatic heterocycles. The summed E-state index contributed by atoms with van der Waals surface area (Å²) < 4.78 is 18.6. The molecule has 0 radical (unpaired) electrons. The van der Waals surface area contributed by atoms with E-state index in [2.05, 4.69) is 15.5 Å². The van der Waals surface area contributed by atoms with Crippen LogP contribution in [0.2, 0.25) is 0 Å². The molecule has 2 aromatic rings. The zero-order chi connectivity index (χ0) is 21.2. The number of hydrogen-bond donors (Lipinski definition) is 2. The minimum absolute atomic E-state index is 0.234. The van der Waals surface area contributed by atoms with Crippen molar-refractivity contribution in [3.05, 3.63) is 71.6 Å². The Kier molecular flexibility index (Phi) is 8.11. The van der Waals surface area contributed by atoms with Gasteiger partial charge < -0.3 is 15.4 Å². The van der Waals surface area contributed by atoms with Crippen LogP contribution in [-0.4, -0.2) is 56.1 Å². The molecular formula is C23H26FN3O3. The van der Waals surface area contributed by atoms with Gasteiger partial charge in [-0.1, -0.05) is 24.3 Å². The van der Waals surface area contributed by atoms with Crippen LogP contribution in [-0.2, 0) is 9.53 Å². The van der Waals surface area contributed by atoms with Crippen LogP contribution in [0, 0.1) is 5.82 Å². The SMILES string of the molecule is O=C(/C=C/c1cccc(F)c1)Nc1ccccc1C(=O)NCCCN1CCOCC1. The van der Waals surface area contributed by atoms with E-state index in [1.807, 2.05) is 0 Å². The molecule has 0 unspecified atom stereocenters. The summed E-state index contributed by atoms with van der Waals surface area (Å²) in [6, 6.07) is 12.8. The Morgan fingerprint density at radius 2 is 1.90 bits per heavy atom. The number of ether oxygens (including phenoxy) is 1. The lowest BCUT2D eigenvalue weighted by Crippen LogP contribution is -2.38. The summed E-state index contributed by atoms with van der Waals surface area (Å²) in [7, 11) is 0. The first-order valence-electron chi connectivity index (χ1n) is 10.0. The van der Waals surface area contributed by atoms with Crippen molar-refractivity contribution in [2.75, 3.05) is 44.7 Å². The lowest BCUT2D eigenvalue weighted by Gasteiger charge is -2.26. The molecule has 2 amide bonds. The molecule has 2 N–H and O–H groups in total. The maximum atomic E-state index is 13.2. The fourth-order valence-corrected chi connectivity index (χ4v) is 3.17. The van der Waals surface area contributed by atoms with Crippen LogP contribution >= 0.6 is 0 Å². The Labute approximate surface area is 175 Å². The van der Waals surface area contributed by atoms with E-state index < -0.39 is 5.91 Å². The summed E-state index contributed by atoms with van der Waals surface area (Å²) in [4.78, 5) is 27.1. The third-order valence-corrected chi connectivity index (χ3v) is 4.75. The van der Waals surface area contributed by atoms with Gasteiger partial charge in [0.05, 0.1) is 24.5 Å². The van der Waals surface area contributed by atoms with Crippen LogP contribution in [0.4, 0.5) is 10.1 Å². The van der Waals surface area contributed by atoms with Crippen LogP contribution in [0.25, 0.3) is 6.08 Å². The summed E-state index contributed by atoms with van der Waals surface area (Å²) in [6.45, 7) is 4.82. The average Bonchev–Trinajstić information content (AvgIpc) is 2.76. The standard InChI is InChI=1S/C23H26FN3O3/c24-19-6-3-5-18(17-19)9-10-22(28)26-21-8-2-1-7-20(21)23(29)25-11-4-12-27-13-15-30-16-14-27/h1-3,5-10,17H,4,11-16H2,(H,25,29)(H,26,28)/b10-9+. The van der Waals surface area contributed by atoms with Gasteiger partial charge in [-0.2, -0.15) is 0 Å². The number of nitrogens with one attached hydrogen (secondary N) is 2. The van der Waals surface area contributed by atoms with Gasteiger partial charge in [-0.15, -0.1) is 0 Å². The number of rotatable bonds is 8. The fraction of sp³-hybridized carbons (Fsp3) is 0.304. The first-order chi connectivity index (χ1) is 14.6. The second-order valence-electron chi connectivity index (χ2n) is 6.99. The third-order valence-electron chi connectivity index (χ3n) is 4.75. The van der Waals surface area contributed by atoms with Crippen molar-refractivity contribution in [2.24, 2.45) is 0 Å². The molecule has 7 heteroatoms. The van der Waals surface area contributed by atoms with Crippen molar-refractivity contribution in [2.45, 2.75) is 6.42 Å². The van der Waals surface area contributed by atoms with Crippen molar-refractivity contribution in [1.82, 2.24) is 10.2 Å². The number of carbonyl (C=O) groups excluding carboxylic acids is 2. The molecule has 1 aliphatic heterocycles. The molecular weight excluding hydrogens is 385 g/mol. The lowest BCUT2D eigenvalue weighted by atomic mass is 10.1. The Hall–Kier alpha value is -3.03. The topological polar surface area (TPSA) is 70.7 Å². The molecule has 0 saturated carbocycles. The quantitative estimate of drug-likeness (QED) is 0.518. The first-order valence-corrected chi connectivity index (χ1v) is 10.0. The molecule has 2 aromatic carbocycles. The zero-order valence-electron chi connectivity index (χ0n) is 16.8. The Morgan fingerprint density at radius 1 is 1.10 bits per heavy atom. The van der Waals surface area contributed by atoms with E-state index in [4.69, 9.17) is 4.74 Å². The molecule has 1 saturated heterocycles. The van der Waals surface area contributed by atoms with Crippen LogP contribution in [0.15, 0.2) is 54.6 Å². The summed E-state index contributed by atoms with van der Waals surface area (Å²) in [5.74, 6) is -0.998. The second kappa shape index (κ2) is 11.2. The highest BCUT2D eigenvalue weighted by Gasteiger charge is 2.13. The number of nitrogens with zero attached hydrogens (tertiary/aromatic N) is 1. The molecule has 0 spiro atoms. The van der Waals surface area contributed by atoms with E-state index in [1.165, 1.54) is 24.3 Å². The number of anilines is 1. The van der Waals surface area contributed by atoms with E-state index in [-0.39, 0.29) is 11.7 Å². The molecule has 1 aliphatic rings. The van der Waals surface area contributed by atoms with Crippen LogP contribution in [0.5, 0.6) is 0 Å². The highest BCUT2D eigenvalue weighted by Crippen LogP contribution is 2.15. The monoisotopic (exact) mass is 411 g/mol. The predicted octanol–water partition coefficient (Wildman–Crippen LogP) is 2.93. The lowest BCUT2D eigenvalue weighted by molar-refractivity contribution is -0.111. The van der Waals surface area contributed by atoms with E-state index in [0.29, 0.717) is 23.4 Å². The number of amides is 2. The summed E-state index contributed by atoms with van der Waals surface area (Å²) in [5.41, 5.74) is 1.41. The molecule has 1 heterocycles. The second-order valence-corrected chi connectivity index (χ2v) is 6.99.